The maximum Gasteiger partial charge on any atom is 0.319 e. The number of phenols is 1. The van der Waals surface area contributed by atoms with Gasteiger partial charge in [-0.2, -0.15) is 9.97 Å². The number of halogens is 3. The molecule has 2 atom stereocenters. The third-order valence-electron chi connectivity index (χ3n) is 6.37. The first kappa shape index (κ1) is 27.5. The number of fused-ring (bicyclic) bond motifs is 1. The molecular formula is C27H30ClF2N5O3. The summed E-state index contributed by atoms with van der Waals surface area (Å²) in [6.07, 6.45) is 1.27. The molecule has 1 amide bonds. The number of carbonyl (C=O) groups excluding carboxylic acids is 1. The average molecular weight is 546 g/mol. The quantitative estimate of drug-likeness (QED) is 0.434. The highest BCUT2D eigenvalue weighted by atomic mass is 35.5. The zero-order valence-electron chi connectivity index (χ0n) is 21.6. The summed E-state index contributed by atoms with van der Waals surface area (Å²) in [5.41, 5.74) is 4.48. The maximum atomic E-state index is 16.1. The Bertz CT molecular complexity index is 1390. The van der Waals surface area contributed by atoms with Crippen LogP contribution in [0.25, 0.3) is 22.0 Å². The molecule has 2 aromatic carbocycles. The van der Waals surface area contributed by atoms with E-state index in [1.807, 2.05) is 18.7 Å². The summed E-state index contributed by atoms with van der Waals surface area (Å²) < 4.78 is 36.6. The van der Waals surface area contributed by atoms with Crippen LogP contribution in [-0.4, -0.2) is 63.2 Å². The van der Waals surface area contributed by atoms with Crippen molar-refractivity contribution in [3.8, 4) is 22.9 Å². The van der Waals surface area contributed by atoms with Crippen molar-refractivity contribution in [3.63, 3.8) is 0 Å². The highest BCUT2D eigenvalue weighted by molar-refractivity contribution is 6.34. The number of ether oxygens (including phenoxy) is 1. The molecule has 202 valence electrons. The number of nitrogens with two attached hydrogens (primary N) is 1. The van der Waals surface area contributed by atoms with E-state index in [4.69, 9.17) is 22.1 Å². The molecule has 0 bridgehead atoms. The average Bonchev–Trinajstić information content (AvgIpc) is 2.84. The summed E-state index contributed by atoms with van der Waals surface area (Å²) in [7, 11) is 0. The number of aromatic nitrogens is 2. The van der Waals surface area contributed by atoms with E-state index in [2.05, 4.69) is 16.5 Å². The molecule has 8 nitrogen and oxygen atoms in total. The molecule has 1 saturated heterocycles. The van der Waals surface area contributed by atoms with Gasteiger partial charge in [-0.3, -0.25) is 4.79 Å². The van der Waals surface area contributed by atoms with Gasteiger partial charge in [0, 0.05) is 41.7 Å². The second-order valence-electron chi connectivity index (χ2n) is 10.2. The predicted molar refractivity (Wildman–Crippen MR) is 144 cm³/mol. The Balaban J connectivity index is 1.92. The number of hydrogen-bond acceptors (Lipinski definition) is 7. The van der Waals surface area contributed by atoms with Gasteiger partial charge < -0.3 is 25.4 Å². The second kappa shape index (κ2) is 10.3. The number of nitrogens with zero attached hydrogens (tertiary/aromatic N) is 4. The molecule has 0 aliphatic carbocycles. The number of carbonyl (C=O) groups is 1. The second-order valence-corrected chi connectivity index (χ2v) is 10.6. The van der Waals surface area contributed by atoms with Crippen LogP contribution in [-0.2, 0) is 4.79 Å². The van der Waals surface area contributed by atoms with E-state index in [1.54, 1.807) is 18.7 Å². The Morgan fingerprint density at radius 3 is 2.61 bits per heavy atom. The van der Waals surface area contributed by atoms with Crippen molar-refractivity contribution in [2.45, 2.75) is 45.3 Å². The number of rotatable bonds is 6. The normalized spacial score (nSPS) is 18.1. The van der Waals surface area contributed by atoms with Crippen LogP contribution in [0.4, 0.5) is 14.6 Å². The van der Waals surface area contributed by atoms with Crippen LogP contribution < -0.4 is 15.4 Å². The maximum absolute atomic E-state index is 16.1. The lowest BCUT2D eigenvalue weighted by atomic mass is 10.0. The molecule has 1 fully saturated rings. The fourth-order valence-electron chi connectivity index (χ4n) is 4.53. The lowest BCUT2D eigenvalue weighted by molar-refractivity contribution is -0.128. The lowest BCUT2D eigenvalue weighted by Crippen LogP contribution is -2.58. The van der Waals surface area contributed by atoms with Gasteiger partial charge >= 0.3 is 6.01 Å². The number of benzene rings is 2. The Morgan fingerprint density at radius 2 is 1.97 bits per heavy atom. The molecule has 1 aliphatic heterocycles. The fourth-order valence-corrected chi connectivity index (χ4v) is 4.82. The van der Waals surface area contributed by atoms with Crippen molar-refractivity contribution in [3.05, 3.63) is 53.6 Å². The van der Waals surface area contributed by atoms with Gasteiger partial charge in [-0.05, 0) is 52.0 Å². The zero-order valence-corrected chi connectivity index (χ0v) is 22.4. The number of amides is 1. The molecule has 3 N–H and O–H groups in total. The monoisotopic (exact) mass is 545 g/mol. The highest BCUT2D eigenvalue weighted by Gasteiger charge is 2.34. The number of hydrogen-bond donors (Lipinski definition) is 2. The summed E-state index contributed by atoms with van der Waals surface area (Å²) in [4.78, 5) is 24.9. The lowest BCUT2D eigenvalue weighted by Gasteiger charge is -2.44. The SMILES string of the molecule is C=CC(=O)N1C[C@H](C)N(c2nc(OCC(C)(C)N)nc3c(F)c(-c4c(O)cccc4F)c(Cl)cc23)C[C@H]1C. The first-order chi connectivity index (χ1) is 17.8. The first-order valence-corrected chi connectivity index (χ1v) is 12.5. The van der Waals surface area contributed by atoms with Crippen LogP contribution in [0.5, 0.6) is 11.8 Å². The minimum atomic E-state index is -0.936. The Kier molecular flexibility index (Phi) is 7.49. The molecule has 0 radical (unpaired) electrons. The molecule has 1 aromatic heterocycles. The first-order valence-electron chi connectivity index (χ1n) is 12.1. The smallest absolute Gasteiger partial charge is 0.319 e. The van der Waals surface area contributed by atoms with Crippen molar-refractivity contribution >= 4 is 34.2 Å². The van der Waals surface area contributed by atoms with Gasteiger partial charge in [-0.25, -0.2) is 8.78 Å². The summed E-state index contributed by atoms with van der Waals surface area (Å²) >= 11 is 6.50. The van der Waals surface area contributed by atoms with Crippen molar-refractivity contribution in [2.75, 3.05) is 24.6 Å². The summed E-state index contributed by atoms with van der Waals surface area (Å²) in [5, 5.41) is 10.5. The molecule has 0 unspecified atom stereocenters. The van der Waals surface area contributed by atoms with E-state index in [9.17, 15) is 14.3 Å². The van der Waals surface area contributed by atoms with Crippen molar-refractivity contribution < 1.29 is 23.4 Å². The van der Waals surface area contributed by atoms with Crippen LogP contribution >= 0.6 is 11.6 Å². The van der Waals surface area contributed by atoms with Crippen LogP contribution in [0.2, 0.25) is 5.02 Å². The molecule has 2 heterocycles. The Morgan fingerprint density at radius 1 is 1.26 bits per heavy atom. The third kappa shape index (κ3) is 5.23. The van der Waals surface area contributed by atoms with E-state index < -0.39 is 22.9 Å². The Labute approximate surface area is 224 Å². The van der Waals surface area contributed by atoms with Crippen molar-refractivity contribution in [1.29, 1.82) is 0 Å². The van der Waals surface area contributed by atoms with E-state index in [1.165, 1.54) is 24.3 Å². The van der Waals surface area contributed by atoms with Crippen LogP contribution in [0.3, 0.4) is 0 Å². The molecule has 0 saturated carbocycles. The third-order valence-corrected chi connectivity index (χ3v) is 6.67. The number of piperazine rings is 1. The summed E-state index contributed by atoms with van der Waals surface area (Å²) in [6.45, 7) is 11.7. The molecule has 4 rings (SSSR count). The number of phenolic OH excluding ortho intramolecular Hbond substituents is 1. The molecule has 0 spiro atoms. The molecule has 3 aromatic rings. The van der Waals surface area contributed by atoms with E-state index in [-0.39, 0.29) is 57.7 Å². The Hall–Kier alpha value is -3.50. The standard InChI is InChI=1S/C27H30ClF2N5O3/c1-6-20(37)34-11-15(3)35(12-14(34)2)25-16-10-17(28)21(22-18(29)8-7-9-19(22)36)23(30)24(16)32-26(33-25)38-13-27(4,5)31/h6-10,14-15,36H,1,11-13,31H2,2-5H3/t14-,15+/m1/s1. The van der Waals surface area contributed by atoms with Gasteiger partial charge in [0.05, 0.1) is 10.6 Å². The van der Waals surface area contributed by atoms with Gasteiger partial charge in [-0.15, -0.1) is 0 Å². The topological polar surface area (TPSA) is 105 Å². The molecule has 38 heavy (non-hydrogen) atoms. The molecular weight excluding hydrogens is 516 g/mol. The zero-order chi connectivity index (χ0) is 27.9. The minimum Gasteiger partial charge on any atom is -0.507 e. The molecule has 11 heteroatoms. The van der Waals surface area contributed by atoms with E-state index in [0.29, 0.717) is 18.9 Å². The van der Waals surface area contributed by atoms with Crippen molar-refractivity contribution in [1.82, 2.24) is 14.9 Å². The predicted octanol–water partition coefficient (Wildman–Crippen LogP) is 4.66. The summed E-state index contributed by atoms with van der Waals surface area (Å²) in [5.74, 6) is -2.09. The minimum absolute atomic E-state index is 0.0433. The van der Waals surface area contributed by atoms with Crippen LogP contribution in [0.15, 0.2) is 36.9 Å². The molecule has 1 aliphatic rings. The number of anilines is 1. The largest absolute Gasteiger partial charge is 0.507 e. The van der Waals surface area contributed by atoms with Gasteiger partial charge in [0.2, 0.25) is 5.91 Å². The summed E-state index contributed by atoms with van der Waals surface area (Å²) in [6, 6.07) is 4.56. The van der Waals surface area contributed by atoms with Gasteiger partial charge in [0.15, 0.2) is 5.82 Å². The highest BCUT2D eigenvalue weighted by Crippen LogP contribution is 2.43. The number of aromatic hydroxyl groups is 1. The van der Waals surface area contributed by atoms with Gasteiger partial charge in [0.1, 0.15) is 29.5 Å². The van der Waals surface area contributed by atoms with Crippen LogP contribution in [0.1, 0.15) is 27.7 Å². The van der Waals surface area contributed by atoms with Crippen molar-refractivity contribution in [2.24, 2.45) is 5.73 Å². The van der Waals surface area contributed by atoms with E-state index >= 15 is 4.39 Å². The van der Waals surface area contributed by atoms with Crippen LogP contribution in [0, 0.1) is 11.6 Å². The van der Waals surface area contributed by atoms with E-state index in [0.717, 1.165) is 6.07 Å². The van der Waals surface area contributed by atoms with Gasteiger partial charge in [-0.1, -0.05) is 24.2 Å². The fraction of sp³-hybridized carbons (Fsp3) is 0.370. The van der Waals surface area contributed by atoms with Gasteiger partial charge in [0.25, 0.3) is 0 Å².